The third kappa shape index (κ3) is 2.60. The highest BCUT2D eigenvalue weighted by Gasteiger charge is 2.53. The van der Waals surface area contributed by atoms with Gasteiger partial charge in [-0.3, -0.25) is 9.69 Å². The van der Waals surface area contributed by atoms with Crippen molar-refractivity contribution in [1.82, 2.24) is 10.2 Å². The van der Waals surface area contributed by atoms with Gasteiger partial charge >= 0.3 is 6.03 Å². The SMILES string of the molecule is O=C1NC2(CCS(=O)(=O)CC2)C(=O)N1Cc1c(Cl)oc2ccccc12. The predicted octanol–water partition coefficient (Wildman–Crippen LogP) is 2.09. The number of hydrogen-bond acceptors (Lipinski definition) is 5. The lowest BCUT2D eigenvalue weighted by atomic mass is 9.92. The topological polar surface area (TPSA) is 96.7 Å². The lowest BCUT2D eigenvalue weighted by molar-refractivity contribution is -0.132. The van der Waals surface area contributed by atoms with E-state index in [9.17, 15) is 18.0 Å². The van der Waals surface area contributed by atoms with Crippen LogP contribution in [0.25, 0.3) is 11.0 Å². The van der Waals surface area contributed by atoms with Crippen LogP contribution in [0.5, 0.6) is 0 Å². The van der Waals surface area contributed by atoms with Crippen LogP contribution in [0.3, 0.4) is 0 Å². The molecule has 9 heteroatoms. The molecule has 3 amide bonds. The quantitative estimate of drug-likeness (QED) is 0.802. The molecule has 0 saturated carbocycles. The average Bonchev–Trinajstić information content (AvgIpc) is 3.00. The Morgan fingerprint density at radius 1 is 1.20 bits per heavy atom. The number of fused-ring (bicyclic) bond motifs is 1. The highest BCUT2D eigenvalue weighted by molar-refractivity contribution is 7.91. The third-order valence-electron chi connectivity index (χ3n) is 4.89. The second-order valence-electron chi connectivity index (χ2n) is 6.41. The fourth-order valence-electron chi connectivity index (χ4n) is 3.42. The number of carbonyl (C=O) groups excluding carboxylic acids is 2. The molecule has 4 rings (SSSR count). The van der Waals surface area contributed by atoms with Crippen molar-refractivity contribution in [2.24, 2.45) is 0 Å². The first-order chi connectivity index (χ1) is 11.8. The molecule has 7 nitrogen and oxygen atoms in total. The molecular formula is C16H15ClN2O5S. The van der Waals surface area contributed by atoms with Crippen molar-refractivity contribution in [2.45, 2.75) is 24.9 Å². The molecule has 2 aliphatic rings. The number of para-hydroxylation sites is 1. The van der Waals surface area contributed by atoms with Crippen LogP contribution in [0.15, 0.2) is 28.7 Å². The summed E-state index contributed by atoms with van der Waals surface area (Å²) in [4.78, 5) is 26.3. The second-order valence-corrected chi connectivity index (χ2v) is 9.05. The molecule has 2 aromatic rings. The van der Waals surface area contributed by atoms with Gasteiger partial charge in [0.05, 0.1) is 18.1 Å². The van der Waals surface area contributed by atoms with Crippen LogP contribution < -0.4 is 5.32 Å². The van der Waals surface area contributed by atoms with Gasteiger partial charge in [0, 0.05) is 10.9 Å². The lowest BCUT2D eigenvalue weighted by Crippen LogP contribution is -2.52. The van der Waals surface area contributed by atoms with Crippen LogP contribution in [-0.4, -0.2) is 42.3 Å². The van der Waals surface area contributed by atoms with Gasteiger partial charge in [0.2, 0.25) is 0 Å². The summed E-state index contributed by atoms with van der Waals surface area (Å²) in [6, 6.07) is 6.64. The van der Waals surface area contributed by atoms with E-state index in [1.807, 2.05) is 6.07 Å². The number of urea groups is 1. The molecule has 25 heavy (non-hydrogen) atoms. The zero-order valence-corrected chi connectivity index (χ0v) is 14.7. The Kier molecular flexibility index (Phi) is 3.59. The van der Waals surface area contributed by atoms with Crippen molar-refractivity contribution in [3.8, 4) is 0 Å². The zero-order valence-electron chi connectivity index (χ0n) is 13.1. The Labute approximate surface area is 148 Å². The monoisotopic (exact) mass is 382 g/mol. The van der Waals surface area contributed by atoms with Gasteiger partial charge in [-0.1, -0.05) is 18.2 Å². The van der Waals surface area contributed by atoms with Crippen molar-refractivity contribution in [3.63, 3.8) is 0 Å². The van der Waals surface area contributed by atoms with Gasteiger partial charge < -0.3 is 9.73 Å². The number of carbonyl (C=O) groups is 2. The standard InChI is InChI=1S/C16H15ClN2O5S/c17-13-11(10-3-1-2-4-12(10)24-13)9-19-14(20)16(18-15(19)21)5-7-25(22,23)8-6-16/h1-4H,5-9H2,(H,18,21). The molecule has 2 aliphatic heterocycles. The van der Waals surface area contributed by atoms with Crippen molar-refractivity contribution in [3.05, 3.63) is 35.0 Å². The smallest absolute Gasteiger partial charge is 0.325 e. The summed E-state index contributed by atoms with van der Waals surface area (Å²) >= 11 is 6.14. The Hall–Kier alpha value is -2.06. The number of rotatable bonds is 2. The minimum absolute atomic E-state index is 0.0188. The minimum Gasteiger partial charge on any atom is -0.444 e. The molecule has 1 aromatic heterocycles. The first-order valence-electron chi connectivity index (χ1n) is 7.82. The number of hydrogen-bond donors (Lipinski definition) is 1. The Morgan fingerprint density at radius 2 is 1.88 bits per heavy atom. The molecule has 1 aromatic carbocycles. The lowest BCUT2D eigenvalue weighted by Gasteiger charge is -2.30. The van der Waals surface area contributed by atoms with Crippen LogP contribution in [0, 0.1) is 0 Å². The molecule has 0 unspecified atom stereocenters. The molecule has 132 valence electrons. The zero-order chi connectivity index (χ0) is 17.8. The Morgan fingerprint density at radius 3 is 2.60 bits per heavy atom. The molecule has 1 N–H and O–H groups in total. The van der Waals surface area contributed by atoms with Gasteiger partial charge in [0.15, 0.2) is 15.1 Å². The Bertz CT molecular complexity index is 983. The molecule has 2 saturated heterocycles. The van der Waals surface area contributed by atoms with E-state index >= 15 is 0 Å². The predicted molar refractivity (Wildman–Crippen MR) is 90.9 cm³/mol. The van der Waals surface area contributed by atoms with E-state index in [-0.39, 0.29) is 36.1 Å². The number of benzene rings is 1. The number of nitrogens with one attached hydrogen (secondary N) is 1. The van der Waals surface area contributed by atoms with E-state index in [1.165, 1.54) is 0 Å². The normalized spacial score (nSPS) is 21.9. The number of furan rings is 1. The van der Waals surface area contributed by atoms with Gasteiger partial charge in [0.25, 0.3) is 5.91 Å². The fourth-order valence-corrected chi connectivity index (χ4v) is 5.19. The maximum atomic E-state index is 12.9. The summed E-state index contributed by atoms with van der Waals surface area (Å²) in [7, 11) is -3.15. The highest BCUT2D eigenvalue weighted by atomic mass is 35.5. The molecule has 0 radical (unpaired) electrons. The van der Waals surface area contributed by atoms with E-state index in [2.05, 4.69) is 5.32 Å². The van der Waals surface area contributed by atoms with E-state index in [1.54, 1.807) is 18.2 Å². The molecule has 2 fully saturated rings. The van der Waals surface area contributed by atoms with E-state index in [0.29, 0.717) is 11.1 Å². The van der Waals surface area contributed by atoms with Gasteiger partial charge in [-0.05, 0) is 30.5 Å². The maximum absolute atomic E-state index is 12.9. The summed E-state index contributed by atoms with van der Waals surface area (Å²) in [6.45, 7) is -0.0188. The van der Waals surface area contributed by atoms with E-state index < -0.39 is 27.3 Å². The summed E-state index contributed by atoms with van der Waals surface area (Å²) in [5, 5.41) is 3.56. The highest BCUT2D eigenvalue weighted by Crippen LogP contribution is 2.35. The minimum atomic E-state index is -3.15. The summed E-state index contributed by atoms with van der Waals surface area (Å²) < 4.78 is 28.7. The number of sulfone groups is 1. The van der Waals surface area contributed by atoms with Crippen LogP contribution in [0.4, 0.5) is 4.79 Å². The molecule has 3 heterocycles. The van der Waals surface area contributed by atoms with Crippen molar-refractivity contribution in [1.29, 1.82) is 0 Å². The number of imide groups is 1. The fraction of sp³-hybridized carbons (Fsp3) is 0.375. The second kappa shape index (κ2) is 5.47. The first-order valence-corrected chi connectivity index (χ1v) is 10.0. The molecule has 1 spiro atoms. The van der Waals surface area contributed by atoms with E-state index in [4.69, 9.17) is 16.0 Å². The first kappa shape index (κ1) is 16.4. The van der Waals surface area contributed by atoms with Gasteiger partial charge in [-0.25, -0.2) is 13.2 Å². The average molecular weight is 383 g/mol. The van der Waals surface area contributed by atoms with Gasteiger partial charge in [-0.15, -0.1) is 0 Å². The molecule has 0 bridgehead atoms. The van der Waals surface area contributed by atoms with Gasteiger partial charge in [-0.2, -0.15) is 0 Å². The van der Waals surface area contributed by atoms with Crippen molar-refractivity contribution < 1.29 is 22.4 Å². The molecule has 0 aliphatic carbocycles. The number of amides is 3. The number of nitrogens with zero attached hydrogens (tertiary/aromatic N) is 1. The Balaban J connectivity index is 1.64. The van der Waals surface area contributed by atoms with Crippen molar-refractivity contribution in [2.75, 3.05) is 11.5 Å². The van der Waals surface area contributed by atoms with E-state index in [0.717, 1.165) is 10.3 Å². The van der Waals surface area contributed by atoms with Gasteiger partial charge in [0.1, 0.15) is 11.1 Å². The van der Waals surface area contributed by atoms with Crippen LogP contribution >= 0.6 is 11.6 Å². The largest absolute Gasteiger partial charge is 0.444 e. The molecule has 0 atom stereocenters. The van der Waals surface area contributed by atoms with Crippen LogP contribution in [0.1, 0.15) is 18.4 Å². The summed E-state index contributed by atoms with van der Waals surface area (Å²) in [5.74, 6) is -0.626. The maximum Gasteiger partial charge on any atom is 0.325 e. The molecular weight excluding hydrogens is 368 g/mol. The third-order valence-corrected chi connectivity index (χ3v) is 6.85. The number of halogens is 1. The summed E-state index contributed by atoms with van der Waals surface area (Å²) in [5.41, 5.74) is 0.00305. The van der Waals surface area contributed by atoms with Crippen molar-refractivity contribution >= 4 is 44.3 Å². The summed E-state index contributed by atoms with van der Waals surface area (Å²) in [6.07, 6.45) is 0.187. The van der Waals surface area contributed by atoms with Crippen LogP contribution in [-0.2, 0) is 21.2 Å². The van der Waals surface area contributed by atoms with Crippen LogP contribution in [0.2, 0.25) is 5.22 Å².